The highest BCUT2D eigenvalue weighted by molar-refractivity contribution is 5.41. The molecule has 1 atom stereocenters. The number of likely N-dealkylation sites (N-methyl/N-ethyl adjacent to an activating group) is 1. The van der Waals surface area contributed by atoms with Gasteiger partial charge in [-0.25, -0.2) is 4.39 Å². The van der Waals surface area contributed by atoms with Crippen LogP contribution in [0.15, 0.2) is 48.7 Å². The van der Waals surface area contributed by atoms with E-state index in [0.717, 1.165) is 55.8 Å². The van der Waals surface area contributed by atoms with E-state index in [9.17, 15) is 9.50 Å². The SMILES string of the molecule is COc1cc(CN2CCC([C@H](Cc3ccccc3F)N(C)Cc3cn(C)nc3C)CC2)ccc1O. The number of aryl methyl sites for hydroxylation is 2. The number of halogens is 1. The van der Waals surface area contributed by atoms with Crippen LogP contribution in [0.1, 0.15) is 35.2 Å². The van der Waals surface area contributed by atoms with Crippen LogP contribution in [0.3, 0.4) is 0 Å². The summed E-state index contributed by atoms with van der Waals surface area (Å²) in [5.41, 5.74) is 4.17. The van der Waals surface area contributed by atoms with Gasteiger partial charge < -0.3 is 9.84 Å². The van der Waals surface area contributed by atoms with Gasteiger partial charge in [-0.3, -0.25) is 14.5 Å². The maximum atomic E-state index is 14.6. The summed E-state index contributed by atoms with van der Waals surface area (Å²) in [6.07, 6.45) is 4.90. The molecule has 188 valence electrons. The lowest BCUT2D eigenvalue weighted by atomic mass is 9.84. The van der Waals surface area contributed by atoms with Crippen molar-refractivity contribution in [3.63, 3.8) is 0 Å². The average Bonchev–Trinajstić information content (AvgIpc) is 3.16. The number of benzene rings is 2. The molecule has 4 rings (SSSR count). The quantitative estimate of drug-likeness (QED) is 0.488. The van der Waals surface area contributed by atoms with E-state index in [1.54, 1.807) is 25.3 Å². The number of ether oxygens (including phenoxy) is 1. The Kier molecular flexibility index (Phi) is 8.08. The lowest BCUT2D eigenvalue weighted by molar-refractivity contribution is 0.0948. The van der Waals surface area contributed by atoms with Gasteiger partial charge in [0, 0.05) is 37.9 Å². The minimum absolute atomic E-state index is 0.123. The average molecular weight is 481 g/mol. The predicted octanol–water partition coefficient (Wildman–Crippen LogP) is 4.54. The molecule has 0 spiro atoms. The van der Waals surface area contributed by atoms with Crippen LogP contribution < -0.4 is 4.74 Å². The second-order valence-corrected chi connectivity index (χ2v) is 9.81. The Morgan fingerprint density at radius 3 is 2.57 bits per heavy atom. The Balaban J connectivity index is 1.45. The number of likely N-dealkylation sites (tertiary alicyclic amines) is 1. The van der Waals surface area contributed by atoms with Gasteiger partial charge in [0.1, 0.15) is 5.82 Å². The molecule has 0 radical (unpaired) electrons. The van der Waals surface area contributed by atoms with E-state index in [1.165, 1.54) is 5.56 Å². The summed E-state index contributed by atoms with van der Waals surface area (Å²) in [6.45, 7) is 5.65. The first-order valence-electron chi connectivity index (χ1n) is 12.3. The van der Waals surface area contributed by atoms with Crippen molar-refractivity contribution in [2.24, 2.45) is 13.0 Å². The Bertz CT molecular complexity index is 1120. The zero-order chi connectivity index (χ0) is 24.9. The molecule has 1 aromatic heterocycles. The maximum absolute atomic E-state index is 14.6. The van der Waals surface area contributed by atoms with Crippen LogP contribution in [0.25, 0.3) is 0 Å². The Labute approximate surface area is 207 Å². The minimum atomic E-state index is -0.123. The Morgan fingerprint density at radius 1 is 1.17 bits per heavy atom. The van der Waals surface area contributed by atoms with Crippen molar-refractivity contribution in [1.29, 1.82) is 0 Å². The molecular formula is C28H37FN4O2. The molecule has 0 aliphatic carbocycles. The predicted molar refractivity (Wildman–Crippen MR) is 136 cm³/mol. The molecule has 1 saturated heterocycles. The van der Waals surface area contributed by atoms with Crippen molar-refractivity contribution in [3.8, 4) is 11.5 Å². The first kappa shape index (κ1) is 25.2. The monoisotopic (exact) mass is 480 g/mol. The van der Waals surface area contributed by atoms with Crippen LogP contribution in [0, 0.1) is 18.7 Å². The number of hydrogen-bond acceptors (Lipinski definition) is 5. The number of rotatable bonds is 9. The standard InChI is InChI=1S/C28H37FN4O2/c1-20-24(19-32(3)30-20)18-31(2)26(16-23-7-5-6-8-25(23)29)22-11-13-33(14-12-22)17-21-9-10-27(34)28(15-21)35-4/h5-10,15,19,22,26,34H,11-14,16-18H2,1-4H3/t26-/m0/s1. The second kappa shape index (κ2) is 11.2. The van der Waals surface area contributed by atoms with Crippen LogP contribution in [0.4, 0.5) is 4.39 Å². The highest BCUT2D eigenvalue weighted by Crippen LogP contribution is 2.30. The van der Waals surface area contributed by atoms with Crippen LogP contribution in [0.2, 0.25) is 0 Å². The number of piperidine rings is 1. The van der Waals surface area contributed by atoms with E-state index < -0.39 is 0 Å². The third kappa shape index (κ3) is 6.21. The molecule has 1 fully saturated rings. The normalized spacial score (nSPS) is 16.1. The van der Waals surface area contributed by atoms with E-state index in [4.69, 9.17) is 4.74 Å². The van der Waals surface area contributed by atoms with Gasteiger partial charge in [-0.2, -0.15) is 5.10 Å². The topological polar surface area (TPSA) is 53.8 Å². The number of phenolic OH excluding ortho intramolecular Hbond substituents is 1. The molecule has 1 aliphatic heterocycles. The van der Waals surface area contributed by atoms with Gasteiger partial charge in [-0.15, -0.1) is 0 Å². The molecule has 1 aliphatic rings. The lowest BCUT2D eigenvalue weighted by Gasteiger charge is -2.40. The van der Waals surface area contributed by atoms with Gasteiger partial charge in [0.25, 0.3) is 0 Å². The summed E-state index contributed by atoms with van der Waals surface area (Å²) in [5, 5.41) is 14.4. The summed E-state index contributed by atoms with van der Waals surface area (Å²) >= 11 is 0. The number of aromatic nitrogens is 2. The third-order valence-electron chi connectivity index (χ3n) is 7.31. The van der Waals surface area contributed by atoms with Crippen LogP contribution in [0.5, 0.6) is 11.5 Å². The molecule has 2 aromatic carbocycles. The molecule has 6 nitrogen and oxygen atoms in total. The van der Waals surface area contributed by atoms with E-state index in [0.29, 0.717) is 18.1 Å². The first-order chi connectivity index (χ1) is 16.8. The van der Waals surface area contributed by atoms with Gasteiger partial charge in [0.15, 0.2) is 11.5 Å². The Hall–Kier alpha value is -2.90. The van der Waals surface area contributed by atoms with E-state index in [2.05, 4.69) is 28.1 Å². The molecule has 0 saturated carbocycles. The van der Waals surface area contributed by atoms with E-state index >= 15 is 0 Å². The molecule has 3 aromatic rings. The van der Waals surface area contributed by atoms with Gasteiger partial charge >= 0.3 is 0 Å². The van der Waals surface area contributed by atoms with Crippen molar-refractivity contribution in [3.05, 3.63) is 76.9 Å². The molecule has 0 amide bonds. The maximum Gasteiger partial charge on any atom is 0.160 e. The van der Waals surface area contributed by atoms with Crippen molar-refractivity contribution in [2.45, 2.75) is 45.3 Å². The molecular weight excluding hydrogens is 443 g/mol. The first-order valence-corrected chi connectivity index (χ1v) is 12.3. The van der Waals surface area contributed by atoms with Crippen molar-refractivity contribution >= 4 is 0 Å². The summed E-state index contributed by atoms with van der Waals surface area (Å²) in [4.78, 5) is 4.84. The van der Waals surface area contributed by atoms with Crippen LogP contribution in [-0.2, 0) is 26.6 Å². The molecule has 1 N–H and O–H groups in total. The van der Waals surface area contributed by atoms with Crippen molar-refractivity contribution < 1.29 is 14.2 Å². The van der Waals surface area contributed by atoms with Gasteiger partial charge in [0.2, 0.25) is 0 Å². The van der Waals surface area contributed by atoms with Crippen LogP contribution >= 0.6 is 0 Å². The number of phenols is 1. The van der Waals surface area contributed by atoms with E-state index in [-0.39, 0.29) is 17.6 Å². The van der Waals surface area contributed by atoms with Crippen molar-refractivity contribution in [1.82, 2.24) is 19.6 Å². The fourth-order valence-electron chi connectivity index (χ4n) is 5.34. The second-order valence-electron chi connectivity index (χ2n) is 9.81. The van der Waals surface area contributed by atoms with E-state index in [1.807, 2.05) is 42.9 Å². The zero-order valence-corrected chi connectivity index (χ0v) is 21.2. The van der Waals surface area contributed by atoms with Crippen LogP contribution in [-0.4, -0.2) is 58.0 Å². The summed E-state index contributed by atoms with van der Waals surface area (Å²) in [7, 11) is 5.68. The fraction of sp³-hybridized carbons (Fsp3) is 0.464. The third-order valence-corrected chi connectivity index (χ3v) is 7.31. The molecule has 0 bridgehead atoms. The molecule has 0 unspecified atom stereocenters. The lowest BCUT2D eigenvalue weighted by Crippen LogP contribution is -2.45. The number of aromatic hydroxyl groups is 1. The van der Waals surface area contributed by atoms with Crippen molar-refractivity contribution in [2.75, 3.05) is 27.2 Å². The zero-order valence-electron chi connectivity index (χ0n) is 21.2. The van der Waals surface area contributed by atoms with Gasteiger partial charge in [-0.1, -0.05) is 24.3 Å². The Morgan fingerprint density at radius 2 is 1.91 bits per heavy atom. The largest absolute Gasteiger partial charge is 0.504 e. The summed E-state index contributed by atoms with van der Waals surface area (Å²) in [5.74, 6) is 1.02. The number of nitrogens with zero attached hydrogens (tertiary/aromatic N) is 4. The smallest absolute Gasteiger partial charge is 0.160 e. The minimum Gasteiger partial charge on any atom is -0.504 e. The van der Waals surface area contributed by atoms with Gasteiger partial charge in [0.05, 0.1) is 12.8 Å². The number of methoxy groups -OCH3 is 1. The molecule has 35 heavy (non-hydrogen) atoms. The van der Waals surface area contributed by atoms with Gasteiger partial charge in [-0.05, 0) is 81.6 Å². The highest BCUT2D eigenvalue weighted by atomic mass is 19.1. The number of hydrogen-bond donors (Lipinski definition) is 1. The fourth-order valence-corrected chi connectivity index (χ4v) is 5.34. The highest BCUT2D eigenvalue weighted by Gasteiger charge is 2.30. The summed E-state index contributed by atoms with van der Waals surface area (Å²) in [6, 6.07) is 13.0. The molecule has 7 heteroatoms. The molecule has 2 heterocycles. The summed E-state index contributed by atoms with van der Waals surface area (Å²) < 4.78 is 21.7.